The summed E-state index contributed by atoms with van der Waals surface area (Å²) in [5.74, 6) is -2.13. The Morgan fingerprint density at radius 3 is 2.47 bits per heavy atom. The van der Waals surface area contributed by atoms with Gasteiger partial charge >= 0.3 is 0 Å². The summed E-state index contributed by atoms with van der Waals surface area (Å²) < 4.78 is 64.3. The van der Waals surface area contributed by atoms with Crippen molar-refractivity contribution in [2.45, 2.75) is 58.3 Å². The lowest BCUT2D eigenvalue weighted by Gasteiger charge is -2.36. The van der Waals surface area contributed by atoms with Crippen molar-refractivity contribution in [2.75, 3.05) is 18.0 Å². The van der Waals surface area contributed by atoms with Crippen LogP contribution in [0, 0.1) is 25.5 Å². The van der Waals surface area contributed by atoms with Crippen LogP contribution in [0.15, 0.2) is 24.5 Å². The first-order valence-electron chi connectivity index (χ1n) is 12.4. The van der Waals surface area contributed by atoms with Gasteiger partial charge in [0.05, 0.1) is 41.8 Å². The number of morpholine rings is 1. The minimum atomic E-state index is -3.13. The molecule has 0 bridgehead atoms. The molecular weight excluding hydrogens is 502 g/mol. The molecule has 0 radical (unpaired) electrons. The number of alkyl halides is 2. The molecule has 1 saturated heterocycles. The second kappa shape index (κ2) is 9.26. The highest BCUT2D eigenvalue weighted by Gasteiger charge is 2.32. The Balaban J connectivity index is 1.46. The fraction of sp³-hybridized carbons (Fsp3) is 0.423. The van der Waals surface area contributed by atoms with Gasteiger partial charge in [-0.15, -0.1) is 0 Å². The van der Waals surface area contributed by atoms with Crippen LogP contribution >= 0.6 is 0 Å². The summed E-state index contributed by atoms with van der Waals surface area (Å²) in [7, 11) is 0. The fourth-order valence-corrected chi connectivity index (χ4v) is 4.70. The molecule has 4 heterocycles. The maximum Gasteiger partial charge on any atom is 0.266 e. The van der Waals surface area contributed by atoms with Crippen molar-refractivity contribution >= 4 is 17.1 Å². The molecule has 2 aliphatic rings. The van der Waals surface area contributed by atoms with Gasteiger partial charge in [0.2, 0.25) is 5.95 Å². The zero-order valence-corrected chi connectivity index (χ0v) is 21.0. The number of fused-ring (bicyclic) bond motifs is 1. The van der Waals surface area contributed by atoms with Crippen LogP contribution in [0.25, 0.3) is 22.4 Å². The Bertz CT molecular complexity index is 1540. The van der Waals surface area contributed by atoms with E-state index in [9.17, 15) is 13.2 Å². The van der Waals surface area contributed by atoms with Crippen LogP contribution in [0.1, 0.15) is 60.9 Å². The van der Waals surface area contributed by atoms with Crippen molar-refractivity contribution in [3.8, 4) is 11.3 Å². The summed E-state index contributed by atoms with van der Waals surface area (Å²) >= 11 is 0. The number of hydrogen-bond acceptors (Lipinski definition) is 7. The van der Waals surface area contributed by atoms with Gasteiger partial charge in [-0.1, -0.05) is 0 Å². The first-order chi connectivity index (χ1) is 18.2. The first-order valence-corrected chi connectivity index (χ1v) is 12.4. The minimum absolute atomic E-state index is 0.0303. The summed E-state index contributed by atoms with van der Waals surface area (Å²) in [6.45, 7) is 6.24. The van der Waals surface area contributed by atoms with Crippen LogP contribution in [0.2, 0.25) is 0 Å². The van der Waals surface area contributed by atoms with Crippen LogP contribution < -0.4 is 4.90 Å². The van der Waals surface area contributed by atoms with Gasteiger partial charge in [-0.2, -0.15) is 10.1 Å². The Labute approximate surface area is 215 Å². The number of anilines is 1. The van der Waals surface area contributed by atoms with E-state index in [1.807, 2.05) is 22.7 Å². The van der Waals surface area contributed by atoms with E-state index in [2.05, 4.69) is 25.0 Å². The van der Waals surface area contributed by atoms with Gasteiger partial charge < -0.3 is 9.64 Å². The van der Waals surface area contributed by atoms with Gasteiger partial charge in [-0.25, -0.2) is 32.5 Å². The van der Waals surface area contributed by atoms with Gasteiger partial charge in [-0.05, 0) is 39.7 Å². The molecule has 12 heteroatoms. The number of aryl methyl sites for hydroxylation is 2. The van der Waals surface area contributed by atoms with Crippen LogP contribution in [-0.4, -0.2) is 48.9 Å². The predicted octanol–water partition coefficient (Wildman–Crippen LogP) is 5.42. The van der Waals surface area contributed by atoms with Crippen molar-refractivity contribution in [1.82, 2.24) is 29.7 Å². The number of ether oxygens (including phenoxy) is 1. The van der Waals surface area contributed by atoms with Gasteiger partial charge in [0.25, 0.3) is 6.43 Å². The van der Waals surface area contributed by atoms with Crippen molar-refractivity contribution in [3.63, 3.8) is 0 Å². The topological polar surface area (TPSA) is 81.9 Å². The number of benzene rings is 1. The molecule has 1 aromatic carbocycles. The quantitative estimate of drug-likeness (QED) is 0.321. The van der Waals surface area contributed by atoms with Gasteiger partial charge in [0.1, 0.15) is 28.9 Å². The SMILES string of the molecule is Cc1nc2nc(N3CC(C)OC(c4cnn(C5CC5)c4)C3)nc(-c3cc(C(F)F)c(F)cc3F)c2nc1C. The second-order valence-electron chi connectivity index (χ2n) is 9.92. The molecule has 6 rings (SSSR count). The molecule has 0 spiro atoms. The van der Waals surface area contributed by atoms with Crippen molar-refractivity contribution in [2.24, 2.45) is 0 Å². The van der Waals surface area contributed by atoms with E-state index in [1.165, 1.54) is 0 Å². The molecule has 1 aliphatic heterocycles. The Morgan fingerprint density at radius 1 is 0.974 bits per heavy atom. The lowest BCUT2D eigenvalue weighted by atomic mass is 10.1. The lowest BCUT2D eigenvalue weighted by Crippen LogP contribution is -2.43. The highest BCUT2D eigenvalue weighted by molar-refractivity contribution is 5.88. The Kier molecular flexibility index (Phi) is 6.01. The van der Waals surface area contributed by atoms with Gasteiger partial charge in [-0.3, -0.25) is 4.68 Å². The first kappa shape index (κ1) is 24.7. The summed E-state index contributed by atoms with van der Waals surface area (Å²) in [5.41, 5.74) is 1.18. The van der Waals surface area contributed by atoms with Crippen LogP contribution in [0.3, 0.4) is 0 Å². The van der Waals surface area contributed by atoms with E-state index in [4.69, 9.17) is 4.74 Å². The van der Waals surface area contributed by atoms with Gasteiger partial charge in [0.15, 0.2) is 5.65 Å². The molecule has 1 saturated carbocycles. The monoisotopic (exact) mass is 527 g/mol. The molecule has 198 valence electrons. The third-order valence-electron chi connectivity index (χ3n) is 6.96. The smallest absolute Gasteiger partial charge is 0.266 e. The third-order valence-corrected chi connectivity index (χ3v) is 6.96. The zero-order chi connectivity index (χ0) is 26.7. The van der Waals surface area contributed by atoms with Crippen LogP contribution in [0.4, 0.5) is 23.5 Å². The van der Waals surface area contributed by atoms with E-state index in [-0.39, 0.29) is 40.6 Å². The van der Waals surface area contributed by atoms with E-state index >= 15 is 4.39 Å². The molecule has 4 aromatic rings. The van der Waals surface area contributed by atoms with Crippen molar-refractivity contribution in [3.05, 3.63) is 58.7 Å². The normalized spacial score (nSPS) is 20.1. The average Bonchev–Trinajstić information content (AvgIpc) is 3.60. The molecule has 0 N–H and O–H groups in total. The molecule has 8 nitrogen and oxygen atoms in total. The van der Waals surface area contributed by atoms with E-state index in [0.29, 0.717) is 36.6 Å². The molecule has 0 amide bonds. The summed E-state index contributed by atoms with van der Waals surface area (Å²) in [6, 6.07) is 1.67. The van der Waals surface area contributed by atoms with E-state index in [1.54, 1.807) is 20.0 Å². The zero-order valence-electron chi connectivity index (χ0n) is 21.0. The van der Waals surface area contributed by atoms with Gasteiger partial charge in [0, 0.05) is 29.9 Å². The fourth-order valence-electron chi connectivity index (χ4n) is 4.70. The Morgan fingerprint density at radius 2 is 1.74 bits per heavy atom. The second-order valence-corrected chi connectivity index (χ2v) is 9.92. The molecule has 2 atom stereocenters. The van der Waals surface area contributed by atoms with Crippen molar-refractivity contribution < 1.29 is 22.3 Å². The van der Waals surface area contributed by atoms with E-state index in [0.717, 1.165) is 24.5 Å². The maximum atomic E-state index is 15.0. The van der Waals surface area contributed by atoms with Crippen molar-refractivity contribution in [1.29, 1.82) is 0 Å². The number of halogens is 4. The molecule has 2 unspecified atom stereocenters. The number of nitrogens with zero attached hydrogens (tertiary/aromatic N) is 7. The minimum Gasteiger partial charge on any atom is -0.367 e. The molecule has 3 aromatic heterocycles. The van der Waals surface area contributed by atoms with Crippen LogP contribution in [-0.2, 0) is 4.74 Å². The molecule has 38 heavy (non-hydrogen) atoms. The lowest BCUT2D eigenvalue weighted by molar-refractivity contribution is -0.0178. The number of aromatic nitrogens is 6. The number of hydrogen-bond donors (Lipinski definition) is 0. The molecule has 1 aliphatic carbocycles. The van der Waals surface area contributed by atoms with Crippen LogP contribution in [0.5, 0.6) is 0 Å². The molecular formula is C26H25F4N7O. The summed E-state index contributed by atoms with van der Waals surface area (Å²) in [4.78, 5) is 20.1. The summed E-state index contributed by atoms with van der Waals surface area (Å²) in [6.07, 6.45) is 2.36. The highest BCUT2D eigenvalue weighted by Crippen LogP contribution is 2.37. The summed E-state index contributed by atoms with van der Waals surface area (Å²) in [5, 5.41) is 4.46. The average molecular weight is 528 g/mol. The standard InChI is InChI=1S/C26H25F4N7O/c1-12-9-36(11-21(38-12)15-8-31-37(10-15)16-4-5-16)26-34-22(23-25(35-26)33-14(3)13(2)32-23)17-6-18(24(29)30)20(28)7-19(17)27/h6-8,10,12,16,21,24H,4-5,9,11H2,1-3H3. The molecule has 2 fully saturated rings. The third kappa shape index (κ3) is 4.46. The predicted molar refractivity (Wildman–Crippen MR) is 131 cm³/mol. The Hall–Kier alpha value is -3.67. The van der Waals surface area contributed by atoms with E-state index < -0.39 is 23.6 Å². The largest absolute Gasteiger partial charge is 0.367 e. The maximum absolute atomic E-state index is 15.0. The highest BCUT2D eigenvalue weighted by atomic mass is 19.3. The number of rotatable bonds is 5.